The number of carboxylic acid groups (broad SMARTS) is 1. The lowest BCUT2D eigenvalue weighted by Gasteiger charge is -2.08. The molecule has 4 heteroatoms. The fourth-order valence-electron chi connectivity index (χ4n) is 1.31. The molecule has 0 aliphatic heterocycles. The molecule has 1 heterocycles. The van der Waals surface area contributed by atoms with Crippen LogP contribution in [0.25, 0.3) is 0 Å². The highest BCUT2D eigenvalue weighted by Gasteiger charge is 2.20. The molecule has 1 rings (SSSR count). The van der Waals surface area contributed by atoms with Crippen LogP contribution in [0.1, 0.15) is 37.0 Å². The van der Waals surface area contributed by atoms with Crippen LogP contribution in [-0.2, 0) is 4.79 Å². The van der Waals surface area contributed by atoms with E-state index < -0.39 is 5.97 Å². The van der Waals surface area contributed by atoms with Crippen LogP contribution in [0.2, 0.25) is 4.34 Å². The number of rotatable bonds is 5. The van der Waals surface area contributed by atoms with Gasteiger partial charge in [0.25, 0.3) is 0 Å². The fourth-order valence-corrected chi connectivity index (χ4v) is 2.50. The molecule has 2 nitrogen and oxygen atoms in total. The molecule has 78 valence electrons. The zero-order valence-corrected chi connectivity index (χ0v) is 9.57. The van der Waals surface area contributed by atoms with Crippen molar-refractivity contribution in [2.24, 2.45) is 0 Å². The molecule has 0 aliphatic carbocycles. The Hall–Kier alpha value is -0.540. The third-order valence-corrected chi connectivity index (χ3v) is 3.43. The van der Waals surface area contributed by atoms with E-state index in [1.165, 1.54) is 11.3 Å². The van der Waals surface area contributed by atoms with E-state index >= 15 is 0 Å². The van der Waals surface area contributed by atoms with Gasteiger partial charge in [-0.3, -0.25) is 4.79 Å². The molecule has 0 saturated heterocycles. The van der Waals surface area contributed by atoms with Crippen LogP contribution in [0.5, 0.6) is 0 Å². The molecule has 1 aromatic heterocycles. The number of halogens is 1. The van der Waals surface area contributed by atoms with E-state index in [1.54, 1.807) is 12.1 Å². The topological polar surface area (TPSA) is 37.3 Å². The zero-order valence-electron chi connectivity index (χ0n) is 8.00. The van der Waals surface area contributed by atoms with E-state index in [0.29, 0.717) is 10.8 Å². The van der Waals surface area contributed by atoms with Crippen LogP contribution < -0.4 is 0 Å². The third-order valence-electron chi connectivity index (χ3n) is 2.08. The average Bonchev–Trinajstić information content (AvgIpc) is 2.52. The summed E-state index contributed by atoms with van der Waals surface area (Å²) < 4.78 is 0.655. The molecular weight excluding hydrogens is 220 g/mol. The average molecular weight is 233 g/mol. The van der Waals surface area contributed by atoms with Crippen LogP contribution in [0.15, 0.2) is 12.1 Å². The van der Waals surface area contributed by atoms with Gasteiger partial charge in [-0.15, -0.1) is 11.3 Å². The van der Waals surface area contributed by atoms with Gasteiger partial charge in [0, 0.05) is 4.88 Å². The van der Waals surface area contributed by atoms with Crippen LogP contribution >= 0.6 is 22.9 Å². The number of unbranched alkanes of at least 4 members (excludes halogenated alkanes) is 1. The lowest BCUT2D eigenvalue weighted by Crippen LogP contribution is -2.09. The van der Waals surface area contributed by atoms with Crippen molar-refractivity contribution in [3.8, 4) is 0 Å². The Morgan fingerprint density at radius 2 is 2.36 bits per heavy atom. The van der Waals surface area contributed by atoms with Crippen molar-refractivity contribution in [3.63, 3.8) is 0 Å². The summed E-state index contributed by atoms with van der Waals surface area (Å²) in [4.78, 5) is 11.8. The number of hydrogen-bond donors (Lipinski definition) is 1. The highest BCUT2D eigenvalue weighted by molar-refractivity contribution is 7.16. The van der Waals surface area contributed by atoms with Gasteiger partial charge in [0.05, 0.1) is 10.3 Å². The van der Waals surface area contributed by atoms with Crippen LogP contribution in [0, 0.1) is 0 Å². The highest BCUT2D eigenvalue weighted by Crippen LogP contribution is 2.31. The summed E-state index contributed by atoms with van der Waals surface area (Å²) in [6.07, 6.45) is 2.65. The van der Waals surface area contributed by atoms with Gasteiger partial charge in [-0.05, 0) is 18.6 Å². The molecule has 0 spiro atoms. The second kappa shape index (κ2) is 5.37. The molecule has 0 saturated carbocycles. The van der Waals surface area contributed by atoms with Crippen LogP contribution in [-0.4, -0.2) is 11.1 Å². The first-order valence-corrected chi connectivity index (χ1v) is 5.82. The first kappa shape index (κ1) is 11.5. The van der Waals surface area contributed by atoms with Crippen molar-refractivity contribution in [1.29, 1.82) is 0 Å². The normalized spacial score (nSPS) is 12.7. The van der Waals surface area contributed by atoms with Gasteiger partial charge in [0.2, 0.25) is 0 Å². The predicted molar refractivity (Wildman–Crippen MR) is 59.2 cm³/mol. The third kappa shape index (κ3) is 3.00. The zero-order chi connectivity index (χ0) is 10.6. The number of thiophene rings is 1. The summed E-state index contributed by atoms with van der Waals surface area (Å²) in [5.74, 6) is -1.13. The van der Waals surface area contributed by atoms with E-state index in [9.17, 15) is 4.79 Å². The molecule has 1 unspecified atom stereocenters. The quantitative estimate of drug-likeness (QED) is 0.839. The number of aliphatic carboxylic acids is 1. The second-order valence-electron chi connectivity index (χ2n) is 3.17. The lowest BCUT2D eigenvalue weighted by molar-refractivity contribution is -0.138. The molecule has 0 bridgehead atoms. The Bertz CT molecular complexity index is 309. The maximum atomic E-state index is 11.0. The van der Waals surface area contributed by atoms with Crippen LogP contribution in [0.3, 0.4) is 0 Å². The van der Waals surface area contributed by atoms with Gasteiger partial charge < -0.3 is 5.11 Å². The molecular formula is C10H13ClO2S. The van der Waals surface area contributed by atoms with Gasteiger partial charge in [-0.1, -0.05) is 31.4 Å². The smallest absolute Gasteiger partial charge is 0.311 e. The van der Waals surface area contributed by atoms with Crippen molar-refractivity contribution in [1.82, 2.24) is 0 Å². The minimum absolute atomic E-state index is 0.382. The van der Waals surface area contributed by atoms with E-state index in [2.05, 4.69) is 6.92 Å². The standard InChI is InChI=1S/C10H13ClO2S/c1-2-3-4-7(10(12)13)8-5-6-9(11)14-8/h5-7H,2-4H2,1H3,(H,12,13). The first-order valence-electron chi connectivity index (χ1n) is 4.63. The summed E-state index contributed by atoms with van der Waals surface area (Å²) >= 11 is 7.13. The maximum absolute atomic E-state index is 11.0. The Kier molecular flexibility index (Phi) is 4.42. The van der Waals surface area contributed by atoms with E-state index in [0.717, 1.165) is 17.7 Å². The highest BCUT2D eigenvalue weighted by atomic mass is 35.5. The van der Waals surface area contributed by atoms with Gasteiger partial charge >= 0.3 is 5.97 Å². The number of carboxylic acids is 1. The van der Waals surface area contributed by atoms with Crippen molar-refractivity contribution in [2.45, 2.75) is 32.1 Å². The molecule has 1 atom stereocenters. The summed E-state index contributed by atoms with van der Waals surface area (Å²) in [5.41, 5.74) is 0. The van der Waals surface area contributed by atoms with Crippen molar-refractivity contribution >= 4 is 28.9 Å². The molecule has 0 amide bonds. The monoisotopic (exact) mass is 232 g/mol. The van der Waals surface area contributed by atoms with Crippen molar-refractivity contribution < 1.29 is 9.90 Å². The molecule has 0 fully saturated rings. The lowest BCUT2D eigenvalue weighted by atomic mass is 10.0. The van der Waals surface area contributed by atoms with Gasteiger partial charge in [-0.2, -0.15) is 0 Å². The van der Waals surface area contributed by atoms with Gasteiger partial charge in [-0.25, -0.2) is 0 Å². The Labute approximate surface area is 92.5 Å². The molecule has 14 heavy (non-hydrogen) atoms. The molecule has 0 aliphatic rings. The fraction of sp³-hybridized carbons (Fsp3) is 0.500. The minimum atomic E-state index is -0.753. The molecule has 1 aromatic rings. The Balaban J connectivity index is 2.72. The van der Waals surface area contributed by atoms with E-state index in [1.807, 2.05) is 0 Å². The first-order chi connectivity index (χ1) is 6.65. The molecule has 1 N–H and O–H groups in total. The van der Waals surface area contributed by atoms with Gasteiger partial charge in [0.15, 0.2) is 0 Å². The van der Waals surface area contributed by atoms with Crippen molar-refractivity contribution in [3.05, 3.63) is 21.3 Å². The van der Waals surface area contributed by atoms with E-state index in [-0.39, 0.29) is 5.92 Å². The SMILES string of the molecule is CCCCC(C(=O)O)c1ccc(Cl)s1. The summed E-state index contributed by atoms with van der Waals surface area (Å²) in [5, 5.41) is 9.03. The number of hydrogen-bond acceptors (Lipinski definition) is 2. The van der Waals surface area contributed by atoms with Crippen LogP contribution in [0.4, 0.5) is 0 Å². The Morgan fingerprint density at radius 3 is 2.79 bits per heavy atom. The largest absolute Gasteiger partial charge is 0.481 e. The summed E-state index contributed by atoms with van der Waals surface area (Å²) in [7, 11) is 0. The summed E-state index contributed by atoms with van der Waals surface area (Å²) in [6.45, 7) is 2.06. The maximum Gasteiger partial charge on any atom is 0.311 e. The van der Waals surface area contributed by atoms with E-state index in [4.69, 9.17) is 16.7 Å². The molecule has 0 aromatic carbocycles. The van der Waals surface area contributed by atoms with Gasteiger partial charge in [0.1, 0.15) is 0 Å². The predicted octanol–water partition coefficient (Wildman–Crippen LogP) is 3.76. The second-order valence-corrected chi connectivity index (χ2v) is 4.92. The number of carbonyl (C=O) groups is 1. The minimum Gasteiger partial charge on any atom is -0.481 e. The Morgan fingerprint density at radius 1 is 1.64 bits per heavy atom. The summed E-state index contributed by atoms with van der Waals surface area (Å²) in [6, 6.07) is 3.56. The molecule has 0 radical (unpaired) electrons. The van der Waals surface area contributed by atoms with Crippen molar-refractivity contribution in [2.75, 3.05) is 0 Å².